The van der Waals surface area contributed by atoms with Crippen LogP contribution in [0.2, 0.25) is 0 Å². The molecular formula is C21H26N2O3. The zero-order valence-corrected chi connectivity index (χ0v) is 15.8. The first kappa shape index (κ1) is 19.5. The average molecular weight is 354 g/mol. The predicted octanol–water partition coefficient (Wildman–Crippen LogP) is 3.34. The van der Waals surface area contributed by atoms with Crippen LogP contribution in [0, 0.1) is 13.8 Å². The Kier molecular flexibility index (Phi) is 6.78. The molecule has 1 N–H and O–H groups in total. The average Bonchev–Trinajstić information content (AvgIpc) is 2.63. The van der Waals surface area contributed by atoms with Gasteiger partial charge in [0.1, 0.15) is 5.75 Å². The highest BCUT2D eigenvalue weighted by Gasteiger charge is 2.15. The fraction of sp³-hybridized carbons (Fsp3) is 0.333. The number of nitrogens with one attached hydrogen (secondary N) is 1. The first-order valence-electron chi connectivity index (χ1n) is 8.73. The Morgan fingerprint density at radius 3 is 2.54 bits per heavy atom. The summed E-state index contributed by atoms with van der Waals surface area (Å²) in [6.45, 7) is 5.87. The smallest absolute Gasteiger partial charge is 0.260 e. The lowest BCUT2D eigenvalue weighted by Crippen LogP contribution is -2.37. The van der Waals surface area contributed by atoms with Crippen LogP contribution < -0.4 is 10.1 Å². The molecular weight excluding hydrogens is 328 g/mol. The van der Waals surface area contributed by atoms with Gasteiger partial charge in [0.15, 0.2) is 6.61 Å². The molecule has 0 saturated heterocycles. The van der Waals surface area contributed by atoms with Crippen molar-refractivity contribution in [2.45, 2.75) is 27.2 Å². The molecule has 2 aromatic rings. The van der Waals surface area contributed by atoms with E-state index in [4.69, 9.17) is 4.74 Å². The third kappa shape index (κ3) is 5.09. The number of aryl methyl sites for hydroxylation is 2. The third-order valence-corrected chi connectivity index (χ3v) is 4.39. The molecule has 5 nitrogen and oxygen atoms in total. The van der Waals surface area contributed by atoms with Crippen LogP contribution in [-0.2, 0) is 16.0 Å². The van der Waals surface area contributed by atoms with Crippen molar-refractivity contribution in [3.05, 3.63) is 59.2 Å². The number of hydrogen-bond donors (Lipinski definition) is 1. The van der Waals surface area contributed by atoms with Gasteiger partial charge in [-0.05, 0) is 49.1 Å². The minimum Gasteiger partial charge on any atom is -0.483 e. The van der Waals surface area contributed by atoms with Crippen molar-refractivity contribution < 1.29 is 14.3 Å². The number of ether oxygens (including phenoxy) is 1. The van der Waals surface area contributed by atoms with Crippen LogP contribution in [0.15, 0.2) is 42.5 Å². The second-order valence-corrected chi connectivity index (χ2v) is 6.30. The highest BCUT2D eigenvalue weighted by atomic mass is 16.5. The summed E-state index contributed by atoms with van der Waals surface area (Å²) in [5.74, 6) is 0.229. The number of hydrogen-bond acceptors (Lipinski definition) is 3. The summed E-state index contributed by atoms with van der Waals surface area (Å²) in [4.78, 5) is 25.8. The van der Waals surface area contributed by atoms with E-state index in [2.05, 4.69) is 5.32 Å². The monoisotopic (exact) mass is 354 g/mol. The maximum atomic E-state index is 12.2. The SMILES string of the molecule is CCc1ccccc1OCC(=O)N(C)CC(=O)Nc1cccc(C)c1C. The van der Waals surface area contributed by atoms with Crippen LogP contribution >= 0.6 is 0 Å². The lowest BCUT2D eigenvalue weighted by molar-refractivity contribution is -0.135. The molecule has 0 aliphatic carbocycles. The molecule has 2 aromatic carbocycles. The second kappa shape index (κ2) is 9.04. The summed E-state index contributed by atoms with van der Waals surface area (Å²) in [7, 11) is 1.60. The molecule has 2 rings (SSSR count). The van der Waals surface area contributed by atoms with E-state index in [-0.39, 0.29) is 25.0 Å². The number of anilines is 1. The van der Waals surface area contributed by atoms with Crippen LogP contribution in [-0.4, -0.2) is 36.9 Å². The van der Waals surface area contributed by atoms with E-state index in [9.17, 15) is 9.59 Å². The van der Waals surface area contributed by atoms with Crippen LogP contribution in [0.4, 0.5) is 5.69 Å². The van der Waals surface area contributed by atoms with Crippen molar-refractivity contribution in [3.8, 4) is 5.75 Å². The molecule has 0 fully saturated rings. The molecule has 0 unspecified atom stereocenters. The Labute approximate surface area is 155 Å². The molecule has 0 atom stereocenters. The summed E-state index contributed by atoms with van der Waals surface area (Å²) < 4.78 is 5.62. The van der Waals surface area contributed by atoms with Crippen molar-refractivity contribution in [2.75, 3.05) is 25.5 Å². The number of carbonyl (C=O) groups excluding carboxylic acids is 2. The van der Waals surface area contributed by atoms with Gasteiger partial charge in [0, 0.05) is 12.7 Å². The zero-order chi connectivity index (χ0) is 19.1. The molecule has 2 amide bonds. The first-order chi connectivity index (χ1) is 12.4. The first-order valence-corrected chi connectivity index (χ1v) is 8.73. The Morgan fingerprint density at radius 2 is 1.81 bits per heavy atom. The molecule has 0 saturated carbocycles. The summed E-state index contributed by atoms with van der Waals surface area (Å²) in [5, 5.41) is 2.86. The second-order valence-electron chi connectivity index (χ2n) is 6.30. The summed E-state index contributed by atoms with van der Waals surface area (Å²) in [6.07, 6.45) is 0.832. The number of rotatable bonds is 7. The fourth-order valence-corrected chi connectivity index (χ4v) is 2.57. The highest BCUT2D eigenvalue weighted by Crippen LogP contribution is 2.19. The standard InChI is InChI=1S/C21H26N2O3/c1-5-17-10-6-7-12-19(17)26-14-21(25)23(4)13-20(24)22-18-11-8-9-15(2)16(18)3/h6-12H,5,13-14H2,1-4H3,(H,22,24). The molecule has 0 bridgehead atoms. The van der Waals surface area contributed by atoms with Gasteiger partial charge < -0.3 is 15.0 Å². The van der Waals surface area contributed by atoms with Crippen molar-refractivity contribution in [1.29, 1.82) is 0 Å². The Bertz CT molecular complexity index is 787. The molecule has 0 heterocycles. The van der Waals surface area contributed by atoms with Crippen LogP contribution in [0.1, 0.15) is 23.6 Å². The van der Waals surface area contributed by atoms with E-state index >= 15 is 0 Å². The van der Waals surface area contributed by atoms with Gasteiger partial charge in [0.25, 0.3) is 5.91 Å². The van der Waals surface area contributed by atoms with Crippen LogP contribution in [0.5, 0.6) is 5.75 Å². The molecule has 5 heteroatoms. The maximum absolute atomic E-state index is 12.2. The molecule has 0 aromatic heterocycles. The Morgan fingerprint density at radius 1 is 1.08 bits per heavy atom. The van der Waals surface area contributed by atoms with E-state index in [1.165, 1.54) is 4.90 Å². The summed E-state index contributed by atoms with van der Waals surface area (Å²) in [5.41, 5.74) is 3.95. The Balaban J connectivity index is 1.88. The lowest BCUT2D eigenvalue weighted by atomic mass is 10.1. The van der Waals surface area contributed by atoms with Gasteiger partial charge in [-0.25, -0.2) is 0 Å². The van der Waals surface area contributed by atoms with Crippen molar-refractivity contribution in [3.63, 3.8) is 0 Å². The maximum Gasteiger partial charge on any atom is 0.260 e. The van der Waals surface area contributed by atoms with E-state index in [1.54, 1.807) is 7.05 Å². The molecule has 0 aliphatic heterocycles. The van der Waals surface area contributed by atoms with Crippen molar-refractivity contribution >= 4 is 17.5 Å². The number of nitrogens with zero attached hydrogens (tertiary/aromatic N) is 1. The fourth-order valence-electron chi connectivity index (χ4n) is 2.57. The summed E-state index contributed by atoms with van der Waals surface area (Å²) in [6, 6.07) is 13.4. The van der Waals surface area contributed by atoms with Gasteiger partial charge in [-0.1, -0.05) is 37.3 Å². The molecule has 138 valence electrons. The minimum absolute atomic E-state index is 0.0228. The molecule has 0 spiro atoms. The highest BCUT2D eigenvalue weighted by molar-refractivity contribution is 5.95. The zero-order valence-electron chi connectivity index (χ0n) is 15.8. The lowest BCUT2D eigenvalue weighted by Gasteiger charge is -2.18. The van der Waals surface area contributed by atoms with Crippen molar-refractivity contribution in [1.82, 2.24) is 4.90 Å². The largest absolute Gasteiger partial charge is 0.483 e. The Hall–Kier alpha value is -2.82. The van der Waals surface area contributed by atoms with Crippen LogP contribution in [0.25, 0.3) is 0 Å². The third-order valence-electron chi connectivity index (χ3n) is 4.39. The molecule has 0 radical (unpaired) electrons. The minimum atomic E-state index is -0.243. The molecule has 26 heavy (non-hydrogen) atoms. The quantitative estimate of drug-likeness (QED) is 0.830. The number of para-hydroxylation sites is 1. The van der Waals surface area contributed by atoms with E-state index in [1.807, 2.05) is 63.2 Å². The number of benzene rings is 2. The summed E-state index contributed by atoms with van der Waals surface area (Å²) >= 11 is 0. The number of likely N-dealkylation sites (N-methyl/N-ethyl adjacent to an activating group) is 1. The van der Waals surface area contributed by atoms with Gasteiger partial charge in [0.2, 0.25) is 5.91 Å². The van der Waals surface area contributed by atoms with Crippen LogP contribution in [0.3, 0.4) is 0 Å². The van der Waals surface area contributed by atoms with Gasteiger partial charge in [-0.2, -0.15) is 0 Å². The normalized spacial score (nSPS) is 10.3. The van der Waals surface area contributed by atoms with Gasteiger partial charge >= 0.3 is 0 Å². The van der Waals surface area contributed by atoms with E-state index in [0.717, 1.165) is 28.8 Å². The van der Waals surface area contributed by atoms with Crippen molar-refractivity contribution in [2.24, 2.45) is 0 Å². The number of carbonyl (C=O) groups is 2. The van der Waals surface area contributed by atoms with Gasteiger partial charge in [-0.15, -0.1) is 0 Å². The van der Waals surface area contributed by atoms with E-state index < -0.39 is 0 Å². The van der Waals surface area contributed by atoms with Gasteiger partial charge in [0.05, 0.1) is 6.54 Å². The molecule has 0 aliphatic rings. The van der Waals surface area contributed by atoms with Gasteiger partial charge in [-0.3, -0.25) is 9.59 Å². The van der Waals surface area contributed by atoms with E-state index in [0.29, 0.717) is 5.75 Å². The topological polar surface area (TPSA) is 58.6 Å². The predicted molar refractivity (Wildman–Crippen MR) is 103 cm³/mol. The number of amides is 2.